The summed E-state index contributed by atoms with van der Waals surface area (Å²) in [7, 11) is 0. The van der Waals surface area contributed by atoms with E-state index in [-0.39, 0.29) is 22.3 Å². The van der Waals surface area contributed by atoms with E-state index in [4.69, 9.17) is 41.5 Å². The van der Waals surface area contributed by atoms with E-state index in [1.54, 1.807) is 24.3 Å². The van der Waals surface area contributed by atoms with E-state index in [1.807, 2.05) is 52.0 Å². The molecule has 6 rings (SSSR count). The number of ether oxygens (including phenoxy) is 2. The van der Waals surface area contributed by atoms with Crippen molar-refractivity contribution in [3.05, 3.63) is 139 Å². The molecule has 248 valence electrons. The van der Waals surface area contributed by atoms with Gasteiger partial charge in [-0.2, -0.15) is 0 Å². The molecule has 0 radical (unpaired) electrons. The second-order valence-corrected chi connectivity index (χ2v) is 11.7. The van der Waals surface area contributed by atoms with Crippen LogP contribution in [0.3, 0.4) is 0 Å². The molecular formula is C38H32Cl2F2O6. The Morgan fingerprint density at radius 1 is 0.583 bits per heavy atom. The first kappa shape index (κ1) is 35.0. The third-order valence-electron chi connectivity index (χ3n) is 7.75. The Morgan fingerprint density at radius 3 is 1.33 bits per heavy atom. The lowest BCUT2D eigenvalue weighted by atomic mass is 10.00. The topological polar surface area (TPSA) is 78.9 Å². The minimum Gasteiger partial charge on any atom is -0.423 e. The monoisotopic (exact) mass is 692 g/mol. The highest BCUT2D eigenvalue weighted by atomic mass is 35.5. The number of fused-ring (bicyclic) bond motifs is 2. The molecule has 0 saturated carbocycles. The summed E-state index contributed by atoms with van der Waals surface area (Å²) >= 11 is 12.3. The number of hydrogen-bond acceptors (Lipinski definition) is 6. The van der Waals surface area contributed by atoms with Gasteiger partial charge in [0.15, 0.2) is 0 Å². The third kappa shape index (κ3) is 7.85. The Kier molecular flexibility index (Phi) is 11.1. The second-order valence-electron chi connectivity index (χ2n) is 10.9. The van der Waals surface area contributed by atoms with Gasteiger partial charge in [-0.05, 0) is 87.4 Å². The smallest absolute Gasteiger partial charge is 0.336 e. The van der Waals surface area contributed by atoms with E-state index in [0.29, 0.717) is 46.6 Å². The summed E-state index contributed by atoms with van der Waals surface area (Å²) in [5, 5.41) is 1.95. The quantitative estimate of drug-likeness (QED) is 0.148. The van der Waals surface area contributed by atoms with Gasteiger partial charge in [-0.1, -0.05) is 47.5 Å². The fraction of sp³-hybridized carbons (Fsp3) is 0.211. The first-order valence-corrected chi connectivity index (χ1v) is 16.0. The number of hydrogen-bond donors (Lipinski definition) is 0. The van der Waals surface area contributed by atoms with Crippen molar-refractivity contribution in [2.75, 3.05) is 13.2 Å². The lowest BCUT2D eigenvalue weighted by Gasteiger charge is -2.13. The van der Waals surface area contributed by atoms with Gasteiger partial charge < -0.3 is 18.3 Å². The molecule has 0 aliphatic rings. The third-order valence-corrected chi connectivity index (χ3v) is 8.38. The van der Waals surface area contributed by atoms with Gasteiger partial charge in [-0.25, -0.2) is 18.4 Å². The highest BCUT2D eigenvalue weighted by Crippen LogP contribution is 2.35. The van der Waals surface area contributed by atoms with Crippen LogP contribution in [0.4, 0.5) is 8.78 Å². The average Bonchev–Trinajstić information content (AvgIpc) is 3.04. The normalized spacial score (nSPS) is 12.5. The maximum Gasteiger partial charge on any atom is 0.336 e. The van der Waals surface area contributed by atoms with Crippen LogP contribution < -0.4 is 11.3 Å². The summed E-state index contributed by atoms with van der Waals surface area (Å²) in [4.78, 5) is 23.9. The molecule has 0 aliphatic heterocycles. The summed E-state index contributed by atoms with van der Waals surface area (Å²) in [6.45, 7) is 8.90. The molecule has 2 atom stereocenters. The lowest BCUT2D eigenvalue weighted by molar-refractivity contribution is 0.0763. The molecule has 0 aliphatic carbocycles. The molecule has 2 heterocycles. The number of halogens is 4. The lowest BCUT2D eigenvalue weighted by Crippen LogP contribution is -2.02. The van der Waals surface area contributed by atoms with Crippen LogP contribution in [0, 0.1) is 11.6 Å². The molecular weight excluding hydrogens is 661 g/mol. The highest BCUT2D eigenvalue weighted by molar-refractivity contribution is 6.34. The molecule has 6 aromatic rings. The molecule has 0 fully saturated rings. The molecule has 0 amide bonds. The summed E-state index contributed by atoms with van der Waals surface area (Å²) < 4.78 is 48.4. The zero-order valence-electron chi connectivity index (χ0n) is 26.6. The Hall–Kier alpha value is -4.34. The van der Waals surface area contributed by atoms with Crippen LogP contribution in [0.5, 0.6) is 0 Å². The van der Waals surface area contributed by atoms with E-state index in [9.17, 15) is 18.4 Å². The van der Waals surface area contributed by atoms with Crippen molar-refractivity contribution in [1.82, 2.24) is 0 Å². The van der Waals surface area contributed by atoms with Crippen LogP contribution in [0.25, 0.3) is 44.2 Å². The van der Waals surface area contributed by atoms with Crippen molar-refractivity contribution >= 4 is 45.1 Å². The van der Waals surface area contributed by atoms with Crippen molar-refractivity contribution in [3.63, 3.8) is 0 Å². The first-order chi connectivity index (χ1) is 23.0. The van der Waals surface area contributed by atoms with Crippen LogP contribution in [-0.4, -0.2) is 13.2 Å². The molecule has 2 unspecified atom stereocenters. The fourth-order valence-electron chi connectivity index (χ4n) is 5.42. The van der Waals surface area contributed by atoms with Crippen molar-refractivity contribution in [3.8, 4) is 22.3 Å². The molecule has 0 saturated heterocycles. The van der Waals surface area contributed by atoms with Crippen LogP contribution in [0.1, 0.15) is 51.0 Å². The molecule has 48 heavy (non-hydrogen) atoms. The van der Waals surface area contributed by atoms with Crippen molar-refractivity contribution in [1.29, 1.82) is 0 Å². The summed E-state index contributed by atoms with van der Waals surface area (Å²) in [5.41, 5.74) is 4.14. The molecule has 0 N–H and O–H groups in total. The summed E-state index contributed by atoms with van der Waals surface area (Å²) in [6, 6.07) is 22.1. The van der Waals surface area contributed by atoms with Gasteiger partial charge in [-0.15, -0.1) is 0 Å². The molecule has 6 nitrogen and oxygen atoms in total. The van der Waals surface area contributed by atoms with Crippen molar-refractivity contribution in [2.24, 2.45) is 0 Å². The Labute approximate surface area is 285 Å². The summed E-state index contributed by atoms with van der Waals surface area (Å²) in [5.74, 6) is -0.854. The van der Waals surface area contributed by atoms with Crippen LogP contribution in [0.15, 0.2) is 103 Å². The minimum atomic E-state index is -0.487. The van der Waals surface area contributed by atoms with E-state index in [0.717, 1.165) is 21.9 Å². The van der Waals surface area contributed by atoms with Crippen LogP contribution in [-0.2, 0) is 9.47 Å². The van der Waals surface area contributed by atoms with Gasteiger partial charge in [0.1, 0.15) is 22.8 Å². The van der Waals surface area contributed by atoms with Gasteiger partial charge in [-0.3, -0.25) is 0 Å². The van der Waals surface area contributed by atoms with Gasteiger partial charge in [0.25, 0.3) is 0 Å². The molecule has 4 aromatic carbocycles. The molecule has 0 bridgehead atoms. The van der Waals surface area contributed by atoms with Gasteiger partial charge >= 0.3 is 11.3 Å². The van der Waals surface area contributed by atoms with Gasteiger partial charge in [0, 0.05) is 58.4 Å². The Morgan fingerprint density at radius 2 is 0.979 bits per heavy atom. The van der Waals surface area contributed by atoms with E-state index >= 15 is 0 Å². The van der Waals surface area contributed by atoms with Gasteiger partial charge in [0.05, 0.1) is 22.3 Å². The molecule has 0 spiro atoms. The number of rotatable bonds is 8. The zero-order chi connectivity index (χ0) is 34.5. The maximum atomic E-state index is 13.3. The predicted molar refractivity (Wildman–Crippen MR) is 186 cm³/mol. The standard InChI is InChI=1S/2C19H16ClFO3/c2*1-3-23-11(2)12-4-6-15-16(10-19(22)24-18(15)8-12)14-7-5-13(21)9-17(14)20/h2*4-11H,3H2,1-2H3. The first-order valence-electron chi connectivity index (χ1n) is 15.3. The number of benzene rings is 4. The highest BCUT2D eigenvalue weighted by Gasteiger charge is 2.15. The van der Waals surface area contributed by atoms with Gasteiger partial charge in [0.2, 0.25) is 0 Å². The van der Waals surface area contributed by atoms with Crippen LogP contribution in [0.2, 0.25) is 10.0 Å². The summed E-state index contributed by atoms with van der Waals surface area (Å²) in [6.07, 6.45) is -0.217. The van der Waals surface area contributed by atoms with Crippen LogP contribution >= 0.6 is 23.2 Å². The Bertz CT molecular complexity index is 2050. The van der Waals surface area contributed by atoms with E-state index in [2.05, 4.69) is 0 Å². The average molecular weight is 694 g/mol. The fourth-order valence-corrected chi connectivity index (χ4v) is 5.96. The molecule has 10 heteroatoms. The molecule has 2 aromatic heterocycles. The SMILES string of the molecule is CCOC(C)c1ccc2c(-c3ccc(F)cc3Cl)cc(=O)oc2c1.CCOC(C)c1ccc2c(-c3ccc(F)cc3Cl)cc(=O)oc2c1. The zero-order valence-corrected chi connectivity index (χ0v) is 28.1. The van der Waals surface area contributed by atoms with E-state index in [1.165, 1.54) is 36.4 Å². The minimum absolute atomic E-state index is 0.109. The van der Waals surface area contributed by atoms with Crippen molar-refractivity contribution in [2.45, 2.75) is 39.9 Å². The Balaban J connectivity index is 0.000000188. The largest absolute Gasteiger partial charge is 0.423 e. The van der Waals surface area contributed by atoms with Crippen molar-refractivity contribution < 1.29 is 27.1 Å². The maximum absolute atomic E-state index is 13.3. The predicted octanol–water partition coefficient (Wildman–Crippen LogP) is 10.7. The van der Waals surface area contributed by atoms with E-state index < -0.39 is 22.9 Å². The second kappa shape index (κ2) is 15.3.